The van der Waals surface area contributed by atoms with Crippen LogP contribution < -0.4 is 26.6 Å². The molecule has 0 fully saturated rings. The maximum Gasteiger partial charge on any atom is 0.294 e. The number of amides is 2. The lowest BCUT2D eigenvalue weighted by atomic mass is 10.1. The molecule has 1 heterocycles. The van der Waals surface area contributed by atoms with Crippen molar-refractivity contribution in [3.8, 4) is 5.75 Å². The minimum absolute atomic E-state index is 0.0732. The maximum absolute atomic E-state index is 12.9. The smallest absolute Gasteiger partial charge is 0.294 e. The molecule has 1 aliphatic rings. The molecule has 0 saturated heterocycles. The molecule has 2 aromatic rings. The summed E-state index contributed by atoms with van der Waals surface area (Å²) in [5, 5.41) is 0. The van der Waals surface area contributed by atoms with E-state index in [1.54, 1.807) is 24.3 Å². The number of fused-ring (bicyclic) bond motifs is 1. The summed E-state index contributed by atoms with van der Waals surface area (Å²) in [6.07, 6.45) is 1.75. The van der Waals surface area contributed by atoms with Gasteiger partial charge in [0.25, 0.3) is 5.91 Å². The third kappa shape index (κ3) is 3.68. The molecule has 2 amide bonds. The second-order valence-electron chi connectivity index (χ2n) is 6.03. The number of nitrogens with two attached hydrogens (primary N) is 2. The number of carbonyl (C=O) groups is 2. The van der Waals surface area contributed by atoms with Crippen molar-refractivity contribution in [2.45, 2.75) is 13.3 Å². The standard InChI is InChI=1S/C19H20N4O3/c1-12-3-2-4-13(9-12)10-17-19(25)23(8-7-18(24)22-21)15-6-5-14(20)11-16(15)26-17/h2-6,9-11H,7-8,20-21H2,1H3,(H,22,24)/b17-10+. The Labute approximate surface area is 151 Å². The van der Waals surface area contributed by atoms with E-state index in [0.29, 0.717) is 17.1 Å². The van der Waals surface area contributed by atoms with E-state index in [1.807, 2.05) is 31.2 Å². The first-order chi connectivity index (χ1) is 12.5. The van der Waals surface area contributed by atoms with Gasteiger partial charge in [0.05, 0.1) is 5.69 Å². The monoisotopic (exact) mass is 352 g/mol. The predicted molar refractivity (Wildman–Crippen MR) is 99.9 cm³/mol. The number of anilines is 2. The van der Waals surface area contributed by atoms with Crippen LogP contribution in [-0.4, -0.2) is 18.4 Å². The van der Waals surface area contributed by atoms with E-state index >= 15 is 0 Å². The quantitative estimate of drug-likeness (QED) is 0.255. The van der Waals surface area contributed by atoms with Gasteiger partial charge in [-0.15, -0.1) is 0 Å². The summed E-state index contributed by atoms with van der Waals surface area (Å²) in [6.45, 7) is 2.15. The molecule has 134 valence electrons. The largest absolute Gasteiger partial charge is 0.449 e. The van der Waals surface area contributed by atoms with Crippen LogP contribution in [0.25, 0.3) is 6.08 Å². The molecule has 7 heteroatoms. The van der Waals surface area contributed by atoms with Gasteiger partial charge < -0.3 is 15.4 Å². The first-order valence-electron chi connectivity index (χ1n) is 8.15. The summed E-state index contributed by atoms with van der Waals surface area (Å²) >= 11 is 0. The van der Waals surface area contributed by atoms with Crippen LogP contribution in [0.1, 0.15) is 17.5 Å². The van der Waals surface area contributed by atoms with Crippen molar-refractivity contribution < 1.29 is 14.3 Å². The molecule has 5 N–H and O–H groups in total. The zero-order chi connectivity index (χ0) is 18.7. The fourth-order valence-electron chi connectivity index (χ4n) is 2.75. The number of rotatable bonds is 4. The first kappa shape index (κ1) is 17.5. The van der Waals surface area contributed by atoms with E-state index in [2.05, 4.69) is 5.43 Å². The number of ether oxygens (including phenoxy) is 1. The first-order valence-corrected chi connectivity index (χ1v) is 8.15. The van der Waals surface area contributed by atoms with Gasteiger partial charge in [-0.2, -0.15) is 0 Å². The Morgan fingerprint density at radius 1 is 1.27 bits per heavy atom. The molecule has 2 aromatic carbocycles. The van der Waals surface area contributed by atoms with E-state index in [4.69, 9.17) is 16.3 Å². The molecule has 0 aromatic heterocycles. The molecule has 0 aliphatic carbocycles. The third-order valence-electron chi connectivity index (χ3n) is 4.01. The molecule has 0 radical (unpaired) electrons. The van der Waals surface area contributed by atoms with Gasteiger partial charge in [0.2, 0.25) is 5.91 Å². The van der Waals surface area contributed by atoms with Gasteiger partial charge >= 0.3 is 0 Å². The lowest BCUT2D eigenvalue weighted by Crippen LogP contribution is -2.40. The number of carbonyl (C=O) groups excluding carboxylic acids is 2. The number of hydrazine groups is 1. The molecule has 0 bridgehead atoms. The van der Waals surface area contributed by atoms with Crippen molar-refractivity contribution in [2.24, 2.45) is 5.84 Å². The number of hydrogen-bond donors (Lipinski definition) is 3. The van der Waals surface area contributed by atoms with Crippen LogP contribution in [0, 0.1) is 6.92 Å². The molecular formula is C19H20N4O3. The molecule has 1 aliphatic heterocycles. The normalized spacial score (nSPS) is 14.8. The summed E-state index contributed by atoms with van der Waals surface area (Å²) in [5.41, 5.74) is 10.9. The Balaban J connectivity index is 1.98. The zero-order valence-electron chi connectivity index (χ0n) is 14.4. The average molecular weight is 352 g/mol. The van der Waals surface area contributed by atoms with Gasteiger partial charge in [0.1, 0.15) is 0 Å². The van der Waals surface area contributed by atoms with Crippen LogP contribution in [0.4, 0.5) is 11.4 Å². The second kappa shape index (κ2) is 7.28. The highest BCUT2D eigenvalue weighted by atomic mass is 16.5. The number of benzene rings is 2. The highest BCUT2D eigenvalue weighted by Gasteiger charge is 2.30. The number of nitrogens with zero attached hydrogens (tertiary/aromatic N) is 1. The van der Waals surface area contributed by atoms with E-state index < -0.39 is 0 Å². The van der Waals surface area contributed by atoms with Crippen molar-refractivity contribution in [3.63, 3.8) is 0 Å². The van der Waals surface area contributed by atoms with Gasteiger partial charge in [-0.05, 0) is 30.7 Å². The summed E-state index contributed by atoms with van der Waals surface area (Å²) in [6, 6.07) is 12.8. The maximum atomic E-state index is 12.9. The Hall–Kier alpha value is -3.32. The zero-order valence-corrected chi connectivity index (χ0v) is 14.4. The van der Waals surface area contributed by atoms with Crippen molar-refractivity contribution in [1.82, 2.24) is 5.43 Å². The topological polar surface area (TPSA) is 111 Å². The predicted octanol–water partition coefficient (Wildman–Crippen LogP) is 1.72. The fraction of sp³-hybridized carbons (Fsp3) is 0.158. The highest BCUT2D eigenvalue weighted by molar-refractivity contribution is 6.10. The van der Waals surface area contributed by atoms with E-state index in [0.717, 1.165) is 11.1 Å². The van der Waals surface area contributed by atoms with Crippen molar-refractivity contribution in [1.29, 1.82) is 0 Å². The van der Waals surface area contributed by atoms with Crippen LogP contribution in [0.2, 0.25) is 0 Å². The Kier molecular flexibility index (Phi) is 4.90. The molecule has 0 atom stereocenters. The van der Waals surface area contributed by atoms with Crippen LogP contribution in [0.5, 0.6) is 5.75 Å². The van der Waals surface area contributed by atoms with Crippen LogP contribution >= 0.6 is 0 Å². The number of nitrogen functional groups attached to an aromatic ring is 1. The van der Waals surface area contributed by atoms with Gasteiger partial charge in [-0.1, -0.05) is 29.8 Å². The fourth-order valence-corrected chi connectivity index (χ4v) is 2.75. The molecule has 0 unspecified atom stereocenters. The van der Waals surface area contributed by atoms with Crippen molar-refractivity contribution in [3.05, 3.63) is 59.4 Å². The molecule has 3 rings (SSSR count). The lowest BCUT2D eigenvalue weighted by molar-refractivity contribution is -0.121. The summed E-state index contributed by atoms with van der Waals surface area (Å²) in [4.78, 5) is 25.9. The summed E-state index contributed by atoms with van der Waals surface area (Å²) < 4.78 is 5.80. The van der Waals surface area contributed by atoms with Crippen LogP contribution in [-0.2, 0) is 9.59 Å². The molecule has 26 heavy (non-hydrogen) atoms. The van der Waals surface area contributed by atoms with E-state index in [9.17, 15) is 9.59 Å². The molecule has 0 spiro atoms. The van der Waals surface area contributed by atoms with Crippen molar-refractivity contribution in [2.75, 3.05) is 17.2 Å². The minimum Gasteiger partial charge on any atom is -0.449 e. The van der Waals surface area contributed by atoms with Crippen molar-refractivity contribution >= 4 is 29.3 Å². The average Bonchev–Trinajstić information content (AvgIpc) is 2.61. The van der Waals surface area contributed by atoms with Gasteiger partial charge in [0, 0.05) is 24.7 Å². The number of hydrogen-bond acceptors (Lipinski definition) is 5. The highest BCUT2D eigenvalue weighted by Crippen LogP contribution is 2.37. The molecular weight excluding hydrogens is 332 g/mol. The van der Waals surface area contributed by atoms with Crippen LogP contribution in [0.3, 0.4) is 0 Å². The molecule has 7 nitrogen and oxygen atoms in total. The van der Waals surface area contributed by atoms with Gasteiger partial charge in [-0.25, -0.2) is 5.84 Å². The Bertz CT molecular complexity index is 892. The SMILES string of the molecule is Cc1cccc(/C=C2/Oc3cc(N)ccc3N(CCC(=O)NN)C2=O)c1. The van der Waals surface area contributed by atoms with E-state index in [1.165, 1.54) is 4.90 Å². The lowest BCUT2D eigenvalue weighted by Gasteiger charge is -2.30. The third-order valence-corrected chi connectivity index (χ3v) is 4.01. The van der Waals surface area contributed by atoms with Crippen LogP contribution in [0.15, 0.2) is 48.2 Å². The van der Waals surface area contributed by atoms with Gasteiger partial charge in [-0.3, -0.25) is 15.0 Å². The molecule has 0 saturated carbocycles. The van der Waals surface area contributed by atoms with Gasteiger partial charge in [0.15, 0.2) is 11.5 Å². The number of aryl methyl sites for hydroxylation is 1. The Morgan fingerprint density at radius 3 is 2.81 bits per heavy atom. The summed E-state index contributed by atoms with van der Waals surface area (Å²) in [7, 11) is 0. The second-order valence-corrected chi connectivity index (χ2v) is 6.03. The summed E-state index contributed by atoms with van der Waals surface area (Å²) in [5.74, 6) is 5.08. The number of nitrogens with one attached hydrogen (secondary N) is 1. The minimum atomic E-state index is -0.356. The van der Waals surface area contributed by atoms with E-state index in [-0.39, 0.29) is 30.5 Å². The Morgan fingerprint density at radius 2 is 2.08 bits per heavy atom.